The Labute approximate surface area is 113 Å². The van der Waals surface area contributed by atoms with Crippen molar-refractivity contribution in [1.82, 2.24) is 9.97 Å². The van der Waals surface area contributed by atoms with Gasteiger partial charge in [0.05, 0.1) is 23.6 Å². The Balaban J connectivity index is 1.68. The third-order valence-electron chi connectivity index (χ3n) is 3.73. The normalized spacial score (nSPS) is 30.2. The number of hydrogen-bond donors (Lipinski definition) is 1. The van der Waals surface area contributed by atoms with Crippen LogP contribution in [-0.2, 0) is 4.74 Å². The van der Waals surface area contributed by atoms with Crippen LogP contribution in [0.15, 0.2) is 11.4 Å². The van der Waals surface area contributed by atoms with E-state index in [1.54, 1.807) is 11.3 Å². The second-order valence-electron chi connectivity index (χ2n) is 4.84. The predicted molar refractivity (Wildman–Crippen MR) is 72.3 cm³/mol. The molecule has 2 aliphatic rings. The Hall–Kier alpha value is -0.910. The molecule has 3 unspecified atom stereocenters. The lowest BCUT2D eigenvalue weighted by atomic mass is 9.95. The van der Waals surface area contributed by atoms with E-state index in [0.29, 0.717) is 23.5 Å². The van der Waals surface area contributed by atoms with Crippen molar-refractivity contribution >= 4 is 39.0 Å². The lowest BCUT2D eigenvalue weighted by Gasteiger charge is -2.20. The molecular formula is C12H12ClN3OS. The summed E-state index contributed by atoms with van der Waals surface area (Å²) in [5.74, 6) is 0.840. The van der Waals surface area contributed by atoms with Crippen LogP contribution in [0.25, 0.3) is 10.2 Å². The Morgan fingerprint density at radius 1 is 1.39 bits per heavy atom. The molecule has 2 fully saturated rings. The van der Waals surface area contributed by atoms with Crippen molar-refractivity contribution in [1.29, 1.82) is 0 Å². The Morgan fingerprint density at radius 2 is 2.33 bits per heavy atom. The fraction of sp³-hybridized carbons (Fsp3) is 0.500. The van der Waals surface area contributed by atoms with E-state index in [0.717, 1.165) is 28.9 Å². The number of halogens is 1. The van der Waals surface area contributed by atoms with Crippen LogP contribution in [0.5, 0.6) is 0 Å². The minimum absolute atomic E-state index is 0.302. The van der Waals surface area contributed by atoms with Gasteiger partial charge in [0.25, 0.3) is 0 Å². The molecule has 2 aliphatic heterocycles. The van der Waals surface area contributed by atoms with Crippen LogP contribution in [0.1, 0.15) is 19.3 Å². The second kappa shape index (κ2) is 4.05. The van der Waals surface area contributed by atoms with Gasteiger partial charge in [0, 0.05) is 0 Å². The number of ether oxygens (including phenoxy) is 1. The van der Waals surface area contributed by atoms with Gasteiger partial charge in [-0.05, 0) is 42.3 Å². The Morgan fingerprint density at radius 3 is 3.11 bits per heavy atom. The van der Waals surface area contributed by atoms with E-state index in [1.807, 2.05) is 11.4 Å². The molecule has 2 aromatic heterocycles. The van der Waals surface area contributed by atoms with Crippen LogP contribution in [0, 0.1) is 0 Å². The number of anilines is 1. The van der Waals surface area contributed by atoms with Gasteiger partial charge in [0.15, 0.2) is 0 Å². The number of thiophene rings is 1. The maximum absolute atomic E-state index is 5.96. The summed E-state index contributed by atoms with van der Waals surface area (Å²) in [7, 11) is 0. The first-order valence-corrected chi connectivity index (χ1v) is 7.38. The van der Waals surface area contributed by atoms with E-state index < -0.39 is 0 Å². The van der Waals surface area contributed by atoms with Crippen LogP contribution >= 0.6 is 22.9 Å². The summed E-state index contributed by atoms with van der Waals surface area (Å²) in [6.45, 7) is 0. The molecule has 6 heteroatoms. The summed E-state index contributed by atoms with van der Waals surface area (Å²) in [6, 6.07) is 2.39. The highest BCUT2D eigenvalue weighted by Gasteiger charge is 2.41. The molecule has 94 valence electrons. The standard InChI is InChI=1S/C12H12ClN3OS/c13-12-15-10(7-3-4-18-11(7)16-12)14-8-5-6-1-2-9(8)17-6/h3-4,6,8-9H,1-2,5H2,(H,14,15,16). The molecule has 1 N–H and O–H groups in total. The van der Waals surface area contributed by atoms with E-state index in [1.165, 1.54) is 6.42 Å². The smallest absolute Gasteiger partial charge is 0.225 e. The van der Waals surface area contributed by atoms with Gasteiger partial charge in [0.1, 0.15) is 10.6 Å². The molecule has 0 aromatic carbocycles. The largest absolute Gasteiger partial charge is 0.373 e. The van der Waals surface area contributed by atoms with E-state index in [9.17, 15) is 0 Å². The van der Waals surface area contributed by atoms with Crippen LogP contribution in [0.4, 0.5) is 5.82 Å². The zero-order valence-corrected chi connectivity index (χ0v) is 11.2. The topological polar surface area (TPSA) is 47.0 Å². The number of nitrogens with one attached hydrogen (secondary N) is 1. The monoisotopic (exact) mass is 281 g/mol. The summed E-state index contributed by atoms with van der Waals surface area (Å²) >= 11 is 7.54. The Kier molecular flexibility index (Phi) is 2.46. The molecule has 18 heavy (non-hydrogen) atoms. The van der Waals surface area contributed by atoms with Crippen molar-refractivity contribution in [3.05, 3.63) is 16.7 Å². The van der Waals surface area contributed by atoms with Crippen molar-refractivity contribution < 1.29 is 4.74 Å². The van der Waals surface area contributed by atoms with Gasteiger partial charge >= 0.3 is 0 Å². The lowest BCUT2D eigenvalue weighted by Crippen LogP contribution is -2.30. The molecule has 0 amide bonds. The molecule has 2 saturated heterocycles. The molecule has 2 aromatic rings. The van der Waals surface area contributed by atoms with Crippen LogP contribution in [0.2, 0.25) is 5.28 Å². The minimum atomic E-state index is 0.302. The number of nitrogens with zero attached hydrogens (tertiary/aromatic N) is 2. The summed E-state index contributed by atoms with van der Waals surface area (Å²) in [4.78, 5) is 9.47. The molecule has 0 spiro atoms. The fourth-order valence-corrected chi connectivity index (χ4v) is 3.89. The van der Waals surface area contributed by atoms with E-state index in [-0.39, 0.29) is 0 Å². The number of hydrogen-bond acceptors (Lipinski definition) is 5. The van der Waals surface area contributed by atoms with E-state index >= 15 is 0 Å². The maximum Gasteiger partial charge on any atom is 0.225 e. The zero-order chi connectivity index (χ0) is 12.1. The second-order valence-corrected chi connectivity index (χ2v) is 6.07. The van der Waals surface area contributed by atoms with Gasteiger partial charge in [-0.1, -0.05) is 0 Å². The number of fused-ring (bicyclic) bond motifs is 3. The van der Waals surface area contributed by atoms with Crippen molar-refractivity contribution in [3.63, 3.8) is 0 Å². The SMILES string of the molecule is Clc1nc(NC2CC3CCC2O3)c2ccsc2n1. The van der Waals surface area contributed by atoms with Crippen molar-refractivity contribution in [2.75, 3.05) is 5.32 Å². The molecule has 3 atom stereocenters. The molecule has 4 rings (SSSR count). The minimum Gasteiger partial charge on any atom is -0.373 e. The molecule has 4 heterocycles. The van der Waals surface area contributed by atoms with Crippen molar-refractivity contribution in [2.45, 2.75) is 37.5 Å². The number of aromatic nitrogens is 2. The summed E-state index contributed by atoms with van der Waals surface area (Å²) < 4.78 is 5.84. The summed E-state index contributed by atoms with van der Waals surface area (Å²) in [5.41, 5.74) is 0. The third kappa shape index (κ3) is 1.69. The average molecular weight is 282 g/mol. The molecule has 0 saturated carbocycles. The average Bonchev–Trinajstić information content (AvgIpc) is 3.02. The molecule has 4 nitrogen and oxygen atoms in total. The highest BCUT2D eigenvalue weighted by molar-refractivity contribution is 7.16. The first-order valence-electron chi connectivity index (χ1n) is 6.12. The van der Waals surface area contributed by atoms with E-state index in [2.05, 4.69) is 15.3 Å². The van der Waals surface area contributed by atoms with Crippen molar-refractivity contribution in [3.8, 4) is 0 Å². The van der Waals surface area contributed by atoms with Gasteiger partial charge in [-0.3, -0.25) is 0 Å². The molecular weight excluding hydrogens is 270 g/mol. The van der Waals surface area contributed by atoms with Gasteiger partial charge in [-0.15, -0.1) is 11.3 Å². The first-order chi connectivity index (χ1) is 8.79. The fourth-order valence-electron chi connectivity index (χ4n) is 2.90. The first kappa shape index (κ1) is 11.0. The van der Waals surface area contributed by atoms with Crippen LogP contribution in [0.3, 0.4) is 0 Å². The highest BCUT2D eigenvalue weighted by Crippen LogP contribution is 2.37. The third-order valence-corrected chi connectivity index (χ3v) is 4.70. The number of rotatable bonds is 2. The van der Waals surface area contributed by atoms with Gasteiger partial charge in [0.2, 0.25) is 5.28 Å². The lowest BCUT2D eigenvalue weighted by molar-refractivity contribution is 0.102. The maximum atomic E-state index is 5.96. The van der Waals surface area contributed by atoms with Crippen LogP contribution in [-0.4, -0.2) is 28.2 Å². The summed E-state index contributed by atoms with van der Waals surface area (Å²) in [5, 5.41) is 6.85. The quantitative estimate of drug-likeness (QED) is 0.860. The predicted octanol–water partition coefficient (Wildman–Crippen LogP) is 3.08. The van der Waals surface area contributed by atoms with Gasteiger partial charge in [-0.2, -0.15) is 0 Å². The molecule has 2 bridgehead atoms. The Bertz CT molecular complexity index is 602. The molecule has 0 radical (unpaired) electrons. The molecule has 0 aliphatic carbocycles. The highest BCUT2D eigenvalue weighted by atomic mass is 35.5. The van der Waals surface area contributed by atoms with Crippen molar-refractivity contribution in [2.24, 2.45) is 0 Å². The van der Waals surface area contributed by atoms with Crippen LogP contribution < -0.4 is 5.32 Å². The van der Waals surface area contributed by atoms with Gasteiger partial charge in [-0.25, -0.2) is 9.97 Å². The van der Waals surface area contributed by atoms with E-state index in [4.69, 9.17) is 16.3 Å². The summed E-state index contributed by atoms with van der Waals surface area (Å²) in [6.07, 6.45) is 4.17. The zero-order valence-electron chi connectivity index (χ0n) is 9.60. The van der Waals surface area contributed by atoms with Gasteiger partial charge < -0.3 is 10.1 Å².